The van der Waals surface area contributed by atoms with E-state index >= 15 is 0 Å². The Morgan fingerprint density at radius 2 is 2.05 bits per heavy atom. The molecular formula is C16H22N2O. The van der Waals surface area contributed by atoms with Crippen LogP contribution in [0.2, 0.25) is 0 Å². The van der Waals surface area contributed by atoms with E-state index in [2.05, 4.69) is 43.2 Å². The second-order valence-corrected chi connectivity index (χ2v) is 5.26. The standard InChI is InChI=1S/C16H22N2O/c1-5-17-15(16(2,3)19-4)13-10-12-8-6-7-9-14(12)18-11-13/h6-11,15,17H,5H2,1-4H3. The van der Waals surface area contributed by atoms with Crippen LogP contribution in [0.5, 0.6) is 0 Å². The molecule has 2 rings (SSSR count). The van der Waals surface area contributed by atoms with Crippen LogP contribution < -0.4 is 5.32 Å². The van der Waals surface area contributed by atoms with Gasteiger partial charge in [0.25, 0.3) is 0 Å². The van der Waals surface area contributed by atoms with Gasteiger partial charge in [0.2, 0.25) is 0 Å². The van der Waals surface area contributed by atoms with Crippen molar-refractivity contribution in [1.29, 1.82) is 0 Å². The van der Waals surface area contributed by atoms with Crippen molar-refractivity contribution < 1.29 is 4.74 Å². The molecule has 0 fully saturated rings. The number of hydrogen-bond donors (Lipinski definition) is 1. The normalized spacial score (nSPS) is 13.7. The highest BCUT2D eigenvalue weighted by molar-refractivity contribution is 5.78. The SMILES string of the molecule is CCNC(c1cnc2ccccc2c1)C(C)(C)OC. The molecule has 0 aliphatic heterocycles. The van der Waals surface area contributed by atoms with E-state index in [0.29, 0.717) is 0 Å². The molecule has 1 atom stereocenters. The Morgan fingerprint density at radius 3 is 2.74 bits per heavy atom. The lowest BCUT2D eigenvalue weighted by molar-refractivity contribution is -0.0107. The molecule has 1 N–H and O–H groups in total. The number of aromatic nitrogens is 1. The van der Waals surface area contributed by atoms with Crippen molar-refractivity contribution in [2.45, 2.75) is 32.4 Å². The maximum absolute atomic E-state index is 5.63. The molecular weight excluding hydrogens is 236 g/mol. The van der Waals surface area contributed by atoms with Gasteiger partial charge in [-0.1, -0.05) is 25.1 Å². The molecule has 0 saturated carbocycles. The van der Waals surface area contributed by atoms with Gasteiger partial charge < -0.3 is 10.1 Å². The van der Waals surface area contributed by atoms with Crippen molar-refractivity contribution in [3.8, 4) is 0 Å². The summed E-state index contributed by atoms with van der Waals surface area (Å²) >= 11 is 0. The molecule has 19 heavy (non-hydrogen) atoms. The first-order chi connectivity index (χ1) is 9.08. The van der Waals surface area contributed by atoms with Crippen LogP contribution in [-0.2, 0) is 4.74 Å². The lowest BCUT2D eigenvalue weighted by Gasteiger charge is -2.34. The predicted molar refractivity (Wildman–Crippen MR) is 79.2 cm³/mol. The Kier molecular flexibility index (Phi) is 4.17. The topological polar surface area (TPSA) is 34.2 Å². The summed E-state index contributed by atoms with van der Waals surface area (Å²) in [6.45, 7) is 7.18. The number of benzene rings is 1. The summed E-state index contributed by atoms with van der Waals surface area (Å²) < 4.78 is 5.63. The summed E-state index contributed by atoms with van der Waals surface area (Å²) in [4.78, 5) is 4.54. The summed E-state index contributed by atoms with van der Waals surface area (Å²) in [5.41, 5.74) is 1.91. The van der Waals surface area contributed by atoms with E-state index in [1.807, 2.05) is 24.4 Å². The molecule has 1 unspecified atom stereocenters. The van der Waals surface area contributed by atoms with Crippen molar-refractivity contribution in [1.82, 2.24) is 10.3 Å². The zero-order chi connectivity index (χ0) is 13.9. The highest BCUT2D eigenvalue weighted by Crippen LogP contribution is 2.29. The zero-order valence-corrected chi connectivity index (χ0v) is 12.1. The van der Waals surface area contributed by atoms with Gasteiger partial charge in [0.1, 0.15) is 0 Å². The smallest absolute Gasteiger partial charge is 0.0817 e. The van der Waals surface area contributed by atoms with Crippen LogP contribution >= 0.6 is 0 Å². The molecule has 0 bridgehead atoms. The van der Waals surface area contributed by atoms with Crippen LogP contribution in [0.3, 0.4) is 0 Å². The van der Waals surface area contributed by atoms with Crippen molar-refractivity contribution in [3.05, 3.63) is 42.1 Å². The number of ether oxygens (including phenoxy) is 1. The summed E-state index contributed by atoms with van der Waals surface area (Å²) in [5.74, 6) is 0. The maximum Gasteiger partial charge on any atom is 0.0817 e. The highest BCUT2D eigenvalue weighted by Gasteiger charge is 2.30. The van der Waals surface area contributed by atoms with Crippen molar-refractivity contribution in [2.24, 2.45) is 0 Å². The van der Waals surface area contributed by atoms with Crippen LogP contribution in [0.25, 0.3) is 10.9 Å². The Bertz CT molecular complexity index is 551. The van der Waals surface area contributed by atoms with E-state index in [4.69, 9.17) is 4.74 Å². The third-order valence-electron chi connectivity index (χ3n) is 3.57. The Morgan fingerprint density at radius 1 is 1.32 bits per heavy atom. The van der Waals surface area contributed by atoms with E-state index in [0.717, 1.165) is 23.0 Å². The molecule has 2 aromatic rings. The first-order valence-electron chi connectivity index (χ1n) is 6.71. The third-order valence-corrected chi connectivity index (χ3v) is 3.57. The Labute approximate surface area is 115 Å². The lowest BCUT2D eigenvalue weighted by Crippen LogP contribution is -2.40. The van der Waals surface area contributed by atoms with Crippen molar-refractivity contribution >= 4 is 10.9 Å². The number of rotatable bonds is 5. The first-order valence-corrected chi connectivity index (χ1v) is 6.71. The first kappa shape index (κ1) is 14.0. The van der Waals surface area contributed by atoms with E-state index in [1.165, 1.54) is 0 Å². The van der Waals surface area contributed by atoms with Gasteiger partial charge in [-0.3, -0.25) is 4.98 Å². The van der Waals surface area contributed by atoms with Gasteiger partial charge in [0.15, 0.2) is 0 Å². The summed E-state index contributed by atoms with van der Waals surface area (Å²) in [6, 6.07) is 10.5. The molecule has 0 aliphatic carbocycles. The third kappa shape index (κ3) is 2.94. The monoisotopic (exact) mass is 258 g/mol. The molecule has 1 aromatic carbocycles. The van der Waals surface area contributed by atoms with Gasteiger partial charge in [-0.25, -0.2) is 0 Å². The van der Waals surface area contributed by atoms with Gasteiger partial charge >= 0.3 is 0 Å². The predicted octanol–water partition coefficient (Wildman–Crippen LogP) is 3.31. The van der Waals surface area contributed by atoms with E-state index in [9.17, 15) is 0 Å². The minimum atomic E-state index is -0.278. The highest BCUT2D eigenvalue weighted by atomic mass is 16.5. The minimum absolute atomic E-state index is 0.125. The van der Waals surface area contributed by atoms with Crippen LogP contribution in [0, 0.1) is 0 Å². The average molecular weight is 258 g/mol. The van der Waals surface area contributed by atoms with Gasteiger partial charge in [-0.05, 0) is 38.1 Å². The second-order valence-electron chi connectivity index (χ2n) is 5.26. The number of nitrogens with one attached hydrogen (secondary N) is 1. The Balaban J connectivity index is 2.44. The maximum atomic E-state index is 5.63. The van der Waals surface area contributed by atoms with Crippen LogP contribution in [0.1, 0.15) is 32.4 Å². The molecule has 0 amide bonds. The fraction of sp³-hybridized carbons (Fsp3) is 0.438. The number of pyridine rings is 1. The molecule has 0 saturated heterocycles. The van der Waals surface area contributed by atoms with E-state index in [-0.39, 0.29) is 11.6 Å². The fourth-order valence-electron chi connectivity index (χ4n) is 2.33. The quantitative estimate of drug-likeness (QED) is 0.893. The number of methoxy groups -OCH3 is 1. The lowest BCUT2D eigenvalue weighted by atomic mass is 9.92. The molecule has 3 heteroatoms. The molecule has 0 radical (unpaired) electrons. The summed E-state index contributed by atoms with van der Waals surface area (Å²) in [6.07, 6.45) is 1.94. The minimum Gasteiger partial charge on any atom is -0.377 e. The molecule has 1 aromatic heterocycles. The summed E-state index contributed by atoms with van der Waals surface area (Å²) in [7, 11) is 1.75. The molecule has 0 aliphatic rings. The number of hydrogen-bond acceptors (Lipinski definition) is 3. The number of fused-ring (bicyclic) bond motifs is 1. The van der Waals surface area contributed by atoms with Gasteiger partial charge in [-0.15, -0.1) is 0 Å². The molecule has 3 nitrogen and oxygen atoms in total. The average Bonchev–Trinajstić information content (AvgIpc) is 2.44. The Hall–Kier alpha value is -1.45. The molecule has 102 valence electrons. The van der Waals surface area contributed by atoms with Crippen molar-refractivity contribution in [2.75, 3.05) is 13.7 Å². The summed E-state index contributed by atoms with van der Waals surface area (Å²) in [5, 5.41) is 4.65. The van der Waals surface area contributed by atoms with Crippen molar-refractivity contribution in [3.63, 3.8) is 0 Å². The molecule has 1 heterocycles. The fourth-order valence-corrected chi connectivity index (χ4v) is 2.33. The van der Waals surface area contributed by atoms with Gasteiger partial charge in [0, 0.05) is 18.7 Å². The van der Waals surface area contributed by atoms with E-state index in [1.54, 1.807) is 7.11 Å². The molecule has 0 spiro atoms. The zero-order valence-electron chi connectivity index (χ0n) is 12.1. The van der Waals surface area contributed by atoms with Crippen LogP contribution in [-0.4, -0.2) is 24.2 Å². The second kappa shape index (κ2) is 5.68. The number of likely N-dealkylation sites (N-methyl/N-ethyl adjacent to an activating group) is 1. The largest absolute Gasteiger partial charge is 0.377 e. The number of para-hydroxylation sites is 1. The van der Waals surface area contributed by atoms with Gasteiger partial charge in [-0.2, -0.15) is 0 Å². The van der Waals surface area contributed by atoms with E-state index < -0.39 is 0 Å². The van der Waals surface area contributed by atoms with Crippen LogP contribution in [0.15, 0.2) is 36.5 Å². The van der Waals surface area contributed by atoms with Crippen LogP contribution in [0.4, 0.5) is 0 Å². The van der Waals surface area contributed by atoms with Gasteiger partial charge in [0.05, 0.1) is 17.2 Å². The number of nitrogens with zero attached hydrogens (tertiary/aromatic N) is 1.